The van der Waals surface area contributed by atoms with Gasteiger partial charge in [0, 0.05) is 0 Å². The van der Waals surface area contributed by atoms with Gasteiger partial charge in [-0.3, -0.25) is 0 Å². The third-order valence-corrected chi connectivity index (χ3v) is 2.74. The molecule has 2 aromatic rings. The minimum Gasteiger partial charge on any atom is -0.505 e. The lowest BCUT2D eigenvalue weighted by Gasteiger charge is -2.22. The molecular formula is C15H13NO6. The summed E-state index contributed by atoms with van der Waals surface area (Å²) < 4.78 is 4.60. The maximum Gasteiger partial charge on any atom is 0.447 e. The molecule has 7 heteroatoms. The maximum absolute atomic E-state index is 11.9. The van der Waals surface area contributed by atoms with Gasteiger partial charge in [-0.05, 0) is 24.3 Å². The van der Waals surface area contributed by atoms with Gasteiger partial charge in [0.2, 0.25) is 0 Å². The van der Waals surface area contributed by atoms with Gasteiger partial charge in [-0.1, -0.05) is 24.3 Å². The number of phenols is 1. The number of para-hydroxylation sites is 2. The molecule has 1 amide bonds. The van der Waals surface area contributed by atoms with E-state index in [0.717, 1.165) is 7.11 Å². The van der Waals surface area contributed by atoms with Crippen molar-refractivity contribution in [2.24, 2.45) is 0 Å². The number of methoxy groups -OCH3 is 1. The van der Waals surface area contributed by atoms with Crippen molar-refractivity contribution in [3.63, 3.8) is 0 Å². The normalized spacial score (nSPS) is 9.86. The van der Waals surface area contributed by atoms with Gasteiger partial charge < -0.3 is 19.8 Å². The number of carboxylic acid groups (broad SMARTS) is 1. The third kappa shape index (κ3) is 3.09. The van der Waals surface area contributed by atoms with Crippen LogP contribution in [0.2, 0.25) is 0 Å². The highest BCUT2D eigenvalue weighted by atomic mass is 16.7. The van der Waals surface area contributed by atoms with Crippen LogP contribution in [0.1, 0.15) is 10.4 Å². The molecule has 0 heterocycles. The van der Waals surface area contributed by atoms with Crippen molar-refractivity contribution < 1.29 is 29.4 Å². The molecule has 0 fully saturated rings. The van der Waals surface area contributed by atoms with Crippen LogP contribution in [-0.4, -0.2) is 29.4 Å². The van der Waals surface area contributed by atoms with E-state index < -0.39 is 17.8 Å². The van der Waals surface area contributed by atoms with Crippen molar-refractivity contribution in [1.29, 1.82) is 0 Å². The Balaban J connectivity index is 2.44. The Bertz CT molecular complexity index is 686. The zero-order valence-electron chi connectivity index (χ0n) is 11.6. The number of benzene rings is 2. The molecule has 7 nitrogen and oxygen atoms in total. The molecule has 0 aliphatic heterocycles. The van der Waals surface area contributed by atoms with Crippen molar-refractivity contribution in [3.05, 3.63) is 54.1 Å². The number of hydrogen-bond acceptors (Lipinski definition) is 5. The molecule has 2 N–H and O–H groups in total. The van der Waals surface area contributed by atoms with Gasteiger partial charge in [0.05, 0.1) is 7.11 Å². The van der Waals surface area contributed by atoms with E-state index in [-0.39, 0.29) is 11.3 Å². The largest absolute Gasteiger partial charge is 0.505 e. The molecule has 0 saturated carbocycles. The molecule has 0 aromatic heterocycles. The average Bonchev–Trinajstić information content (AvgIpc) is 2.53. The molecule has 0 radical (unpaired) electrons. The van der Waals surface area contributed by atoms with Gasteiger partial charge in [0.1, 0.15) is 11.3 Å². The van der Waals surface area contributed by atoms with E-state index in [2.05, 4.69) is 4.74 Å². The number of carbonyl (C=O) groups is 2. The van der Waals surface area contributed by atoms with Crippen LogP contribution in [0.5, 0.6) is 11.5 Å². The summed E-state index contributed by atoms with van der Waals surface area (Å²) in [5.74, 6) is -1.62. The van der Waals surface area contributed by atoms with E-state index in [1.165, 1.54) is 18.2 Å². The number of aromatic carboxylic acids is 1. The summed E-state index contributed by atoms with van der Waals surface area (Å²) >= 11 is 0. The highest BCUT2D eigenvalue weighted by Gasteiger charge is 2.25. The Morgan fingerprint density at radius 3 is 2.32 bits per heavy atom. The summed E-state index contributed by atoms with van der Waals surface area (Å²) in [7, 11) is 1.14. The molecule has 114 valence electrons. The topological polar surface area (TPSA) is 96.3 Å². The van der Waals surface area contributed by atoms with Gasteiger partial charge in [-0.25, -0.2) is 9.59 Å². The molecule has 0 saturated heterocycles. The van der Waals surface area contributed by atoms with Gasteiger partial charge in [0.15, 0.2) is 11.5 Å². The number of carbonyl (C=O) groups excluding carboxylic acids is 1. The minimum atomic E-state index is -1.33. The van der Waals surface area contributed by atoms with Crippen LogP contribution in [0, 0.1) is 0 Å². The smallest absolute Gasteiger partial charge is 0.447 e. The van der Waals surface area contributed by atoms with Crippen molar-refractivity contribution >= 4 is 17.7 Å². The number of hydroxylamine groups is 1. The highest BCUT2D eigenvalue weighted by molar-refractivity contribution is 5.96. The number of anilines is 1. The number of amides is 1. The number of ether oxygens (including phenoxy) is 1. The first-order valence-electron chi connectivity index (χ1n) is 6.21. The third-order valence-electron chi connectivity index (χ3n) is 2.74. The van der Waals surface area contributed by atoms with Crippen LogP contribution in [-0.2, 0) is 4.74 Å². The molecule has 0 bridgehead atoms. The summed E-state index contributed by atoms with van der Waals surface area (Å²) in [6.45, 7) is 0. The van der Waals surface area contributed by atoms with Gasteiger partial charge >= 0.3 is 12.1 Å². The summed E-state index contributed by atoms with van der Waals surface area (Å²) in [4.78, 5) is 28.3. The first-order chi connectivity index (χ1) is 10.5. The fraction of sp³-hybridized carbons (Fsp3) is 0.0667. The lowest BCUT2D eigenvalue weighted by molar-refractivity contribution is 0.0693. The van der Waals surface area contributed by atoms with E-state index >= 15 is 0 Å². The van der Waals surface area contributed by atoms with Crippen LogP contribution in [0.15, 0.2) is 48.5 Å². The minimum absolute atomic E-state index is 0.143. The first kappa shape index (κ1) is 15.2. The highest BCUT2D eigenvalue weighted by Crippen LogP contribution is 2.32. The standard InChI is InChI=1S/C15H13NO6/c1-21-15(20)16(22-10-6-3-2-4-7-10)12-9-5-8-11(13(12)17)14(18)19/h2-9,17H,1H3,(H,18,19). The van der Waals surface area contributed by atoms with E-state index in [9.17, 15) is 14.7 Å². The second-order valence-corrected chi connectivity index (χ2v) is 4.15. The summed E-state index contributed by atoms with van der Waals surface area (Å²) in [6, 6.07) is 12.3. The Morgan fingerprint density at radius 1 is 1.05 bits per heavy atom. The molecule has 22 heavy (non-hydrogen) atoms. The Morgan fingerprint density at radius 2 is 1.73 bits per heavy atom. The van der Waals surface area contributed by atoms with E-state index in [0.29, 0.717) is 10.8 Å². The van der Waals surface area contributed by atoms with E-state index in [1.807, 2.05) is 0 Å². The molecular weight excluding hydrogens is 290 g/mol. The fourth-order valence-corrected chi connectivity index (χ4v) is 1.72. The average molecular weight is 303 g/mol. The molecule has 0 unspecified atom stereocenters. The summed E-state index contributed by atoms with van der Waals surface area (Å²) in [5.41, 5.74) is -0.501. The van der Waals surface area contributed by atoms with Crippen molar-refractivity contribution in [2.45, 2.75) is 0 Å². The number of hydrogen-bond donors (Lipinski definition) is 2. The molecule has 2 rings (SSSR count). The zero-order valence-corrected chi connectivity index (χ0v) is 11.6. The second-order valence-electron chi connectivity index (χ2n) is 4.15. The van der Waals surface area contributed by atoms with E-state index in [1.54, 1.807) is 30.3 Å². The molecule has 0 aliphatic rings. The van der Waals surface area contributed by atoms with Crippen LogP contribution < -0.4 is 9.90 Å². The second kappa shape index (κ2) is 6.49. The predicted molar refractivity (Wildman–Crippen MR) is 77.0 cm³/mol. The summed E-state index contributed by atoms with van der Waals surface area (Å²) in [6.07, 6.45) is -0.915. The molecule has 0 spiro atoms. The van der Waals surface area contributed by atoms with Crippen molar-refractivity contribution in [1.82, 2.24) is 0 Å². The number of carboxylic acids is 1. The predicted octanol–water partition coefficient (Wildman–Crippen LogP) is 2.66. The number of rotatable bonds is 4. The van der Waals surface area contributed by atoms with Crippen LogP contribution in [0.25, 0.3) is 0 Å². The van der Waals surface area contributed by atoms with Crippen LogP contribution in [0.4, 0.5) is 10.5 Å². The molecule has 2 aromatic carbocycles. The van der Waals surface area contributed by atoms with Gasteiger partial charge in [-0.15, -0.1) is 5.06 Å². The Hall–Kier alpha value is -3.22. The van der Waals surface area contributed by atoms with Gasteiger partial charge in [-0.2, -0.15) is 0 Å². The maximum atomic E-state index is 11.9. The lowest BCUT2D eigenvalue weighted by atomic mass is 10.1. The number of nitrogens with zero attached hydrogens (tertiary/aromatic N) is 1. The number of aromatic hydroxyl groups is 1. The van der Waals surface area contributed by atoms with Crippen LogP contribution in [0.3, 0.4) is 0 Å². The van der Waals surface area contributed by atoms with E-state index in [4.69, 9.17) is 9.94 Å². The first-order valence-corrected chi connectivity index (χ1v) is 6.21. The lowest BCUT2D eigenvalue weighted by Crippen LogP contribution is -2.34. The quantitative estimate of drug-likeness (QED) is 0.843. The zero-order chi connectivity index (χ0) is 16.1. The van der Waals surface area contributed by atoms with Crippen molar-refractivity contribution in [2.75, 3.05) is 12.2 Å². The molecule has 0 aliphatic carbocycles. The SMILES string of the molecule is COC(=O)N(Oc1ccccc1)c1cccc(C(=O)O)c1O. The van der Waals surface area contributed by atoms with Crippen LogP contribution >= 0.6 is 0 Å². The fourth-order valence-electron chi connectivity index (χ4n) is 1.72. The summed E-state index contributed by atoms with van der Waals surface area (Å²) in [5, 5.41) is 19.7. The van der Waals surface area contributed by atoms with Crippen molar-refractivity contribution in [3.8, 4) is 11.5 Å². The Labute approximate surface area is 125 Å². The Kier molecular flexibility index (Phi) is 4.47. The van der Waals surface area contributed by atoms with Gasteiger partial charge in [0.25, 0.3) is 0 Å². The molecule has 0 atom stereocenters. The monoisotopic (exact) mass is 303 g/mol.